The molecule has 0 fully saturated rings. The average molecular weight is 376 g/mol. The molecule has 4 rings (SSSR count). The Morgan fingerprint density at radius 1 is 1.04 bits per heavy atom. The number of para-hydroxylation sites is 1. The average Bonchev–Trinajstić information content (AvgIpc) is 3.16. The summed E-state index contributed by atoms with van der Waals surface area (Å²) in [4.78, 5) is 25.0. The third kappa shape index (κ3) is 2.87. The maximum atomic E-state index is 13.1. The number of carboxylic acids is 1. The van der Waals surface area contributed by atoms with Crippen LogP contribution < -0.4 is 0 Å². The number of nitrogens with zero attached hydrogens (tertiary/aromatic N) is 2. The van der Waals surface area contributed by atoms with Gasteiger partial charge in [0.2, 0.25) is 0 Å². The minimum Gasteiger partial charge on any atom is -0.476 e. The molecule has 2 aromatic carbocycles. The van der Waals surface area contributed by atoms with Crippen molar-refractivity contribution >= 4 is 11.9 Å². The number of esters is 1. The molecule has 1 unspecified atom stereocenters. The van der Waals surface area contributed by atoms with Gasteiger partial charge < -0.3 is 9.84 Å². The Balaban J connectivity index is 1.99. The normalized spacial score (nSPS) is 15.0. The molecule has 3 aromatic rings. The minimum atomic E-state index is -1.17. The molecule has 0 saturated heterocycles. The zero-order valence-electron chi connectivity index (χ0n) is 15.8. The molecule has 1 atom stereocenters. The van der Waals surface area contributed by atoms with Crippen LogP contribution in [-0.4, -0.2) is 32.4 Å². The van der Waals surface area contributed by atoms with Gasteiger partial charge in [-0.25, -0.2) is 9.48 Å². The highest BCUT2D eigenvalue weighted by Crippen LogP contribution is 2.48. The molecule has 1 aliphatic carbocycles. The van der Waals surface area contributed by atoms with Crippen LogP contribution in [0.5, 0.6) is 0 Å². The molecule has 0 bridgehead atoms. The first-order valence-corrected chi connectivity index (χ1v) is 9.01. The molecule has 6 heteroatoms. The molecule has 0 spiro atoms. The number of rotatable bonds is 3. The molecule has 28 heavy (non-hydrogen) atoms. The number of carboxylic acid groups (broad SMARTS) is 1. The highest BCUT2D eigenvalue weighted by molar-refractivity contribution is 6.00. The molecule has 0 aliphatic heterocycles. The smallest absolute Gasteiger partial charge is 0.356 e. The van der Waals surface area contributed by atoms with Crippen LogP contribution in [0.4, 0.5) is 0 Å². The van der Waals surface area contributed by atoms with Crippen molar-refractivity contribution in [3.63, 3.8) is 0 Å². The molecule has 1 aromatic heterocycles. The quantitative estimate of drug-likeness (QED) is 0.698. The second-order valence-corrected chi connectivity index (χ2v) is 7.72. The SMILES string of the molecule is CC(C)(C)OC(=O)C1c2ccccc2-c2c1c(C(=O)O)nn2-c1ccccc1. The van der Waals surface area contributed by atoms with E-state index in [1.807, 2.05) is 54.6 Å². The lowest BCUT2D eigenvalue weighted by Crippen LogP contribution is -2.28. The third-order valence-electron chi connectivity index (χ3n) is 4.58. The molecule has 0 saturated carbocycles. The predicted octanol–water partition coefficient (Wildman–Crippen LogP) is 4.02. The Bertz CT molecular complexity index is 1080. The summed E-state index contributed by atoms with van der Waals surface area (Å²) < 4.78 is 7.22. The fourth-order valence-corrected chi connectivity index (χ4v) is 3.60. The van der Waals surface area contributed by atoms with E-state index >= 15 is 0 Å². The Morgan fingerprint density at radius 2 is 1.68 bits per heavy atom. The van der Waals surface area contributed by atoms with Gasteiger partial charge in [0.1, 0.15) is 11.5 Å². The summed E-state index contributed by atoms with van der Waals surface area (Å²) in [6.45, 7) is 5.37. The molecule has 1 N–H and O–H groups in total. The van der Waals surface area contributed by atoms with Gasteiger partial charge in [-0.05, 0) is 38.5 Å². The van der Waals surface area contributed by atoms with Gasteiger partial charge in [-0.1, -0.05) is 42.5 Å². The summed E-state index contributed by atoms with van der Waals surface area (Å²) in [6.07, 6.45) is 0. The fraction of sp³-hybridized carbons (Fsp3) is 0.227. The van der Waals surface area contributed by atoms with Gasteiger partial charge in [-0.15, -0.1) is 0 Å². The topological polar surface area (TPSA) is 81.4 Å². The zero-order chi connectivity index (χ0) is 20.1. The van der Waals surface area contributed by atoms with Crippen molar-refractivity contribution < 1.29 is 19.4 Å². The largest absolute Gasteiger partial charge is 0.476 e. The highest BCUT2D eigenvalue weighted by Gasteiger charge is 2.43. The van der Waals surface area contributed by atoms with Crippen LogP contribution in [0.15, 0.2) is 54.6 Å². The van der Waals surface area contributed by atoms with Crippen LogP contribution in [0.2, 0.25) is 0 Å². The van der Waals surface area contributed by atoms with Crippen LogP contribution in [0.25, 0.3) is 16.9 Å². The van der Waals surface area contributed by atoms with Crippen molar-refractivity contribution in [1.82, 2.24) is 9.78 Å². The molecule has 1 aliphatic rings. The van der Waals surface area contributed by atoms with Gasteiger partial charge in [-0.2, -0.15) is 5.10 Å². The van der Waals surface area contributed by atoms with Crippen molar-refractivity contribution in [2.75, 3.05) is 0 Å². The number of aromatic carboxylic acids is 1. The molecular weight excluding hydrogens is 356 g/mol. The predicted molar refractivity (Wildman–Crippen MR) is 104 cm³/mol. The summed E-state index contributed by atoms with van der Waals surface area (Å²) in [5, 5.41) is 14.1. The van der Waals surface area contributed by atoms with Crippen molar-refractivity contribution in [1.29, 1.82) is 0 Å². The van der Waals surface area contributed by atoms with Gasteiger partial charge in [0.05, 0.1) is 11.4 Å². The summed E-state index contributed by atoms with van der Waals surface area (Å²) >= 11 is 0. The third-order valence-corrected chi connectivity index (χ3v) is 4.58. The highest BCUT2D eigenvalue weighted by atomic mass is 16.6. The minimum absolute atomic E-state index is 0.133. The van der Waals surface area contributed by atoms with Crippen LogP contribution in [0.3, 0.4) is 0 Å². The summed E-state index contributed by atoms with van der Waals surface area (Å²) in [5.74, 6) is -2.48. The second-order valence-electron chi connectivity index (χ2n) is 7.72. The molecule has 142 valence electrons. The van der Waals surface area contributed by atoms with Crippen LogP contribution >= 0.6 is 0 Å². The number of fused-ring (bicyclic) bond motifs is 3. The van der Waals surface area contributed by atoms with Gasteiger partial charge in [-0.3, -0.25) is 4.79 Å². The Kier molecular flexibility index (Phi) is 4.07. The van der Waals surface area contributed by atoms with Crippen molar-refractivity contribution in [3.05, 3.63) is 71.4 Å². The molecule has 0 radical (unpaired) electrons. The van der Waals surface area contributed by atoms with E-state index in [4.69, 9.17) is 4.74 Å². The van der Waals surface area contributed by atoms with Gasteiger partial charge in [0.25, 0.3) is 0 Å². The standard InChI is InChI=1S/C22H20N2O4/c1-22(2,3)28-21(27)16-14-11-7-8-12-15(14)19-17(16)18(20(25)26)23-24(19)13-9-5-4-6-10-13/h4-12,16H,1-3H3,(H,25,26). The van der Waals surface area contributed by atoms with E-state index in [2.05, 4.69) is 5.10 Å². The number of benzene rings is 2. The van der Waals surface area contributed by atoms with E-state index in [1.165, 1.54) is 0 Å². The van der Waals surface area contributed by atoms with Crippen LogP contribution in [0.1, 0.15) is 48.3 Å². The summed E-state index contributed by atoms with van der Waals surface area (Å²) in [5.41, 5.74) is 2.43. The van der Waals surface area contributed by atoms with E-state index in [0.717, 1.165) is 16.8 Å². The van der Waals surface area contributed by atoms with Crippen molar-refractivity contribution in [2.45, 2.75) is 32.3 Å². The molecule has 6 nitrogen and oxygen atoms in total. The first-order chi connectivity index (χ1) is 13.3. The molecule has 0 amide bonds. The number of hydrogen-bond acceptors (Lipinski definition) is 4. The first-order valence-electron chi connectivity index (χ1n) is 9.01. The monoisotopic (exact) mass is 376 g/mol. The number of carbonyl (C=O) groups excluding carboxylic acids is 1. The first kappa shape index (κ1) is 18.0. The van der Waals surface area contributed by atoms with E-state index in [0.29, 0.717) is 11.3 Å². The lowest BCUT2D eigenvalue weighted by Gasteiger charge is -2.22. The number of ether oxygens (including phenoxy) is 1. The van der Waals surface area contributed by atoms with Gasteiger partial charge in [0.15, 0.2) is 5.69 Å². The number of aromatic nitrogens is 2. The van der Waals surface area contributed by atoms with Gasteiger partial charge in [0, 0.05) is 11.1 Å². The van der Waals surface area contributed by atoms with E-state index in [9.17, 15) is 14.7 Å². The van der Waals surface area contributed by atoms with Gasteiger partial charge >= 0.3 is 11.9 Å². The fourth-order valence-electron chi connectivity index (χ4n) is 3.60. The molecule has 1 heterocycles. The second kappa shape index (κ2) is 6.34. The lowest BCUT2D eigenvalue weighted by molar-refractivity contribution is -0.155. The lowest BCUT2D eigenvalue weighted by atomic mass is 9.96. The summed E-state index contributed by atoms with van der Waals surface area (Å²) in [7, 11) is 0. The Hall–Kier alpha value is -3.41. The Labute approximate surface area is 162 Å². The van der Waals surface area contributed by atoms with Crippen molar-refractivity contribution in [3.8, 4) is 16.9 Å². The van der Waals surface area contributed by atoms with Crippen molar-refractivity contribution in [2.24, 2.45) is 0 Å². The van der Waals surface area contributed by atoms with Crippen LogP contribution in [-0.2, 0) is 9.53 Å². The maximum Gasteiger partial charge on any atom is 0.356 e. The molecular formula is C22H20N2O4. The van der Waals surface area contributed by atoms with E-state index in [1.54, 1.807) is 25.5 Å². The number of carbonyl (C=O) groups is 2. The van der Waals surface area contributed by atoms with E-state index < -0.39 is 23.5 Å². The Morgan fingerprint density at radius 3 is 2.32 bits per heavy atom. The maximum absolute atomic E-state index is 13.1. The number of hydrogen-bond donors (Lipinski definition) is 1. The summed E-state index contributed by atoms with van der Waals surface area (Å²) in [6, 6.07) is 16.7. The zero-order valence-corrected chi connectivity index (χ0v) is 15.8. The van der Waals surface area contributed by atoms with E-state index in [-0.39, 0.29) is 5.69 Å². The van der Waals surface area contributed by atoms with Crippen LogP contribution in [0, 0.1) is 0 Å².